The summed E-state index contributed by atoms with van der Waals surface area (Å²) < 4.78 is 0. The predicted octanol–water partition coefficient (Wildman–Crippen LogP) is 3.84. The minimum atomic E-state index is 0.181. The second-order valence-electron chi connectivity index (χ2n) is 5.48. The zero-order valence-electron chi connectivity index (χ0n) is 11.8. The Kier molecular flexibility index (Phi) is 3.55. The monoisotopic (exact) mass is 265 g/mol. The van der Waals surface area contributed by atoms with E-state index in [4.69, 9.17) is 0 Å². The van der Waals surface area contributed by atoms with Crippen LogP contribution in [0, 0.1) is 0 Å². The van der Waals surface area contributed by atoms with Gasteiger partial charge in [0.25, 0.3) is 5.91 Å². The van der Waals surface area contributed by atoms with Gasteiger partial charge in [0, 0.05) is 18.7 Å². The molecule has 0 aromatic heterocycles. The number of benzene rings is 2. The van der Waals surface area contributed by atoms with E-state index in [0.717, 1.165) is 30.6 Å². The lowest BCUT2D eigenvalue weighted by molar-refractivity contribution is 0.0774. The molecule has 0 spiro atoms. The quantitative estimate of drug-likeness (QED) is 0.822. The first-order chi connectivity index (χ1) is 9.75. The number of fused-ring (bicyclic) bond motifs is 1. The van der Waals surface area contributed by atoms with Crippen LogP contribution in [-0.2, 0) is 6.54 Å². The van der Waals surface area contributed by atoms with Gasteiger partial charge in [-0.25, -0.2) is 0 Å². The second-order valence-corrected chi connectivity index (χ2v) is 5.48. The topological polar surface area (TPSA) is 20.3 Å². The third-order valence-corrected chi connectivity index (χ3v) is 4.10. The van der Waals surface area contributed by atoms with Gasteiger partial charge in [0.15, 0.2) is 0 Å². The van der Waals surface area contributed by atoms with Crippen molar-refractivity contribution in [3.8, 4) is 0 Å². The van der Waals surface area contributed by atoms with Gasteiger partial charge in [0.2, 0.25) is 0 Å². The Labute approximate surface area is 120 Å². The summed E-state index contributed by atoms with van der Waals surface area (Å²) in [6.45, 7) is 3.81. The molecule has 102 valence electrons. The van der Waals surface area contributed by atoms with Crippen LogP contribution in [0.3, 0.4) is 0 Å². The molecule has 0 aliphatic carbocycles. The van der Waals surface area contributed by atoms with E-state index in [1.54, 1.807) is 0 Å². The van der Waals surface area contributed by atoms with E-state index in [9.17, 15) is 4.79 Å². The van der Waals surface area contributed by atoms with Gasteiger partial charge >= 0.3 is 0 Å². The molecule has 0 bridgehead atoms. The molecule has 2 nitrogen and oxygen atoms in total. The number of carbonyl (C=O) groups excluding carboxylic acids is 1. The van der Waals surface area contributed by atoms with Crippen molar-refractivity contribution in [2.75, 3.05) is 6.54 Å². The molecule has 3 rings (SSSR count). The lowest BCUT2D eigenvalue weighted by Gasteiger charge is -2.19. The smallest absolute Gasteiger partial charge is 0.254 e. The lowest BCUT2D eigenvalue weighted by atomic mass is 9.98. The first-order valence-corrected chi connectivity index (χ1v) is 7.18. The first-order valence-electron chi connectivity index (χ1n) is 7.18. The summed E-state index contributed by atoms with van der Waals surface area (Å²) in [7, 11) is 0. The van der Waals surface area contributed by atoms with Crippen LogP contribution in [0.25, 0.3) is 0 Å². The van der Waals surface area contributed by atoms with Crippen molar-refractivity contribution in [1.82, 2.24) is 4.90 Å². The summed E-state index contributed by atoms with van der Waals surface area (Å²) in [5, 5.41) is 0. The molecule has 1 aliphatic heterocycles. The summed E-state index contributed by atoms with van der Waals surface area (Å²) in [6.07, 6.45) is 1.00. The minimum Gasteiger partial charge on any atom is -0.334 e. The Balaban J connectivity index is 1.62. The molecule has 2 heteroatoms. The van der Waals surface area contributed by atoms with Crippen LogP contribution in [0.4, 0.5) is 0 Å². The van der Waals surface area contributed by atoms with Crippen LogP contribution >= 0.6 is 0 Å². The molecular formula is C18H19NO. The van der Waals surface area contributed by atoms with Crippen molar-refractivity contribution in [1.29, 1.82) is 0 Å². The Bertz CT molecular complexity index is 606. The molecule has 1 aliphatic rings. The van der Waals surface area contributed by atoms with Crippen LogP contribution in [0.15, 0.2) is 54.6 Å². The second kappa shape index (κ2) is 5.49. The van der Waals surface area contributed by atoms with Gasteiger partial charge in [0.1, 0.15) is 0 Å². The van der Waals surface area contributed by atoms with Crippen molar-refractivity contribution in [2.45, 2.75) is 25.8 Å². The summed E-state index contributed by atoms with van der Waals surface area (Å²) in [5.74, 6) is 0.661. The Hall–Kier alpha value is -2.09. The van der Waals surface area contributed by atoms with E-state index in [1.165, 1.54) is 5.56 Å². The average molecular weight is 265 g/mol. The molecule has 1 unspecified atom stereocenters. The SMILES string of the molecule is CC(CCN1Cc2ccccc2C1=O)c1ccccc1. The fraction of sp³-hybridized carbons (Fsp3) is 0.278. The molecule has 0 saturated carbocycles. The number of carbonyl (C=O) groups is 1. The molecular weight excluding hydrogens is 246 g/mol. The molecule has 0 N–H and O–H groups in total. The molecule has 2 aromatic rings. The molecule has 1 amide bonds. The Morgan fingerprint density at radius 1 is 1.05 bits per heavy atom. The van der Waals surface area contributed by atoms with Crippen LogP contribution in [0.5, 0.6) is 0 Å². The van der Waals surface area contributed by atoms with Crippen LogP contribution in [0.2, 0.25) is 0 Å². The largest absolute Gasteiger partial charge is 0.334 e. The Morgan fingerprint density at radius 3 is 2.50 bits per heavy atom. The van der Waals surface area contributed by atoms with Gasteiger partial charge in [-0.2, -0.15) is 0 Å². The fourth-order valence-electron chi connectivity index (χ4n) is 2.79. The van der Waals surface area contributed by atoms with E-state index in [0.29, 0.717) is 5.92 Å². The molecule has 0 saturated heterocycles. The maximum absolute atomic E-state index is 12.3. The van der Waals surface area contributed by atoms with Crippen LogP contribution < -0.4 is 0 Å². The highest BCUT2D eigenvalue weighted by Gasteiger charge is 2.26. The maximum Gasteiger partial charge on any atom is 0.254 e. The highest BCUT2D eigenvalue weighted by molar-refractivity contribution is 5.98. The summed E-state index contributed by atoms with van der Waals surface area (Å²) in [5.41, 5.74) is 3.38. The van der Waals surface area contributed by atoms with Crippen LogP contribution in [0.1, 0.15) is 40.7 Å². The number of nitrogens with zero attached hydrogens (tertiary/aromatic N) is 1. The van der Waals surface area contributed by atoms with Gasteiger partial charge in [0.05, 0.1) is 0 Å². The normalized spacial score (nSPS) is 15.2. The Morgan fingerprint density at radius 2 is 1.75 bits per heavy atom. The average Bonchev–Trinajstić information content (AvgIpc) is 2.83. The van der Waals surface area contributed by atoms with Gasteiger partial charge < -0.3 is 4.90 Å². The number of hydrogen-bond acceptors (Lipinski definition) is 1. The third kappa shape index (κ3) is 2.46. The van der Waals surface area contributed by atoms with Gasteiger partial charge in [-0.15, -0.1) is 0 Å². The van der Waals surface area contributed by atoms with Crippen molar-refractivity contribution < 1.29 is 4.79 Å². The standard InChI is InChI=1S/C18H19NO/c1-14(15-7-3-2-4-8-15)11-12-19-13-16-9-5-6-10-17(16)18(19)20/h2-10,14H,11-13H2,1H3. The number of hydrogen-bond donors (Lipinski definition) is 0. The highest BCUT2D eigenvalue weighted by atomic mass is 16.2. The summed E-state index contributed by atoms with van der Waals surface area (Å²) in [4.78, 5) is 14.2. The zero-order valence-corrected chi connectivity index (χ0v) is 11.8. The zero-order chi connectivity index (χ0) is 13.9. The molecule has 20 heavy (non-hydrogen) atoms. The molecule has 1 atom stereocenters. The van der Waals surface area contributed by atoms with Gasteiger partial charge in [-0.3, -0.25) is 4.79 Å². The summed E-state index contributed by atoms with van der Waals surface area (Å²) >= 11 is 0. The first kappa shape index (κ1) is 12.9. The van der Waals surface area contributed by atoms with Crippen molar-refractivity contribution in [2.24, 2.45) is 0 Å². The number of amides is 1. The van der Waals surface area contributed by atoms with Crippen molar-refractivity contribution in [3.05, 3.63) is 71.3 Å². The van der Waals surface area contributed by atoms with Crippen LogP contribution in [-0.4, -0.2) is 17.4 Å². The summed E-state index contributed by atoms with van der Waals surface area (Å²) in [6, 6.07) is 18.4. The van der Waals surface area contributed by atoms with Crippen molar-refractivity contribution >= 4 is 5.91 Å². The van der Waals surface area contributed by atoms with E-state index in [2.05, 4.69) is 31.2 Å². The molecule has 0 radical (unpaired) electrons. The maximum atomic E-state index is 12.3. The minimum absolute atomic E-state index is 0.181. The van der Waals surface area contributed by atoms with E-state index >= 15 is 0 Å². The van der Waals surface area contributed by atoms with Crippen molar-refractivity contribution in [3.63, 3.8) is 0 Å². The van der Waals surface area contributed by atoms with E-state index < -0.39 is 0 Å². The third-order valence-electron chi connectivity index (χ3n) is 4.10. The van der Waals surface area contributed by atoms with E-state index in [-0.39, 0.29) is 5.91 Å². The predicted molar refractivity (Wildman–Crippen MR) is 80.7 cm³/mol. The van der Waals surface area contributed by atoms with E-state index in [1.807, 2.05) is 35.2 Å². The number of rotatable bonds is 4. The molecule has 0 fully saturated rings. The lowest BCUT2D eigenvalue weighted by Crippen LogP contribution is -2.25. The highest BCUT2D eigenvalue weighted by Crippen LogP contribution is 2.25. The fourth-order valence-corrected chi connectivity index (χ4v) is 2.79. The van der Waals surface area contributed by atoms with Gasteiger partial charge in [-0.05, 0) is 29.5 Å². The molecule has 2 aromatic carbocycles. The van der Waals surface area contributed by atoms with Gasteiger partial charge in [-0.1, -0.05) is 55.5 Å². The molecule has 1 heterocycles.